The Kier molecular flexibility index (Phi) is 8.01. The van der Waals surface area contributed by atoms with Crippen molar-refractivity contribution in [3.05, 3.63) is 53.0 Å². The van der Waals surface area contributed by atoms with Crippen LogP contribution in [-0.4, -0.2) is 97.1 Å². The van der Waals surface area contributed by atoms with Crippen molar-refractivity contribution in [3.8, 4) is 0 Å². The quantitative estimate of drug-likeness (QED) is 0.500. The number of carbonyl (C=O) groups is 1. The number of piperidine rings is 1. The van der Waals surface area contributed by atoms with E-state index in [4.69, 9.17) is 17.0 Å². The normalized spacial score (nSPS) is 28.4. The number of anilines is 1. The molecule has 0 amide bonds. The fraction of sp³-hybridized carbons (Fsp3) is 0.556. The number of halogens is 3. The van der Waals surface area contributed by atoms with Gasteiger partial charge in [0.15, 0.2) is 5.60 Å². The highest BCUT2D eigenvalue weighted by Gasteiger charge is 2.51. The molecule has 2 bridgehead atoms. The van der Waals surface area contributed by atoms with Gasteiger partial charge < -0.3 is 14.7 Å². The fourth-order valence-electron chi connectivity index (χ4n) is 5.91. The van der Waals surface area contributed by atoms with E-state index in [1.165, 1.54) is 34.6 Å². The van der Waals surface area contributed by atoms with Gasteiger partial charge in [-0.15, -0.1) is 0 Å². The van der Waals surface area contributed by atoms with Crippen LogP contribution < -0.4 is 4.90 Å². The number of ketones is 1. The first-order valence-corrected chi connectivity index (χ1v) is 15.1. The summed E-state index contributed by atoms with van der Waals surface area (Å²) in [6.07, 6.45) is 1.26. The molecule has 13 heteroatoms. The highest BCUT2D eigenvalue weighted by atomic mass is 32.2. The molecule has 3 saturated heterocycles. The minimum absolute atomic E-state index is 0.114. The number of hydrogen-bond acceptors (Lipinski definition) is 8. The molecule has 1 aliphatic carbocycles. The monoisotopic (exact) mass is 599 g/mol. The summed E-state index contributed by atoms with van der Waals surface area (Å²) in [5.74, 6) is 0.178. The first kappa shape index (κ1) is 29.3. The van der Waals surface area contributed by atoms with E-state index in [1.54, 1.807) is 12.2 Å². The van der Waals surface area contributed by atoms with E-state index >= 15 is 0 Å². The van der Waals surface area contributed by atoms with Gasteiger partial charge in [0.25, 0.3) is 0 Å². The van der Waals surface area contributed by atoms with Crippen LogP contribution in [-0.2, 0) is 25.2 Å². The summed E-state index contributed by atoms with van der Waals surface area (Å²) in [4.78, 5) is 17.0. The molecule has 40 heavy (non-hydrogen) atoms. The number of fused-ring (bicyclic) bond motifs is 2. The molecule has 3 aliphatic heterocycles. The lowest BCUT2D eigenvalue weighted by Gasteiger charge is -2.50. The molecular weight excluding hydrogens is 567 g/mol. The third-order valence-electron chi connectivity index (χ3n) is 8.24. The fourth-order valence-corrected chi connectivity index (χ4v) is 7.98. The molecule has 1 aromatic carbocycles. The van der Waals surface area contributed by atoms with E-state index in [-0.39, 0.29) is 47.5 Å². The molecule has 0 radical (unpaired) electrons. The number of nitrogens with zero attached hydrogens (tertiary/aromatic N) is 3. The predicted molar refractivity (Wildman–Crippen MR) is 147 cm³/mol. The third kappa shape index (κ3) is 5.51. The molecule has 0 saturated carbocycles. The van der Waals surface area contributed by atoms with Crippen molar-refractivity contribution >= 4 is 38.6 Å². The summed E-state index contributed by atoms with van der Waals surface area (Å²) in [6.45, 7) is 2.58. The van der Waals surface area contributed by atoms with Gasteiger partial charge in [-0.3, -0.25) is 9.69 Å². The van der Waals surface area contributed by atoms with Crippen molar-refractivity contribution in [2.45, 2.75) is 56.1 Å². The van der Waals surface area contributed by atoms with Crippen molar-refractivity contribution < 1.29 is 36.2 Å². The number of Topliss-reactive ketones (excluding diaryl/α,β-unsaturated/α-hetero) is 1. The zero-order chi connectivity index (χ0) is 28.9. The van der Waals surface area contributed by atoms with Crippen molar-refractivity contribution in [3.63, 3.8) is 0 Å². The lowest BCUT2D eigenvalue weighted by Crippen LogP contribution is -2.64. The second-order valence-corrected chi connectivity index (χ2v) is 13.3. The topological polar surface area (TPSA) is 90.4 Å². The molecule has 5 rings (SSSR count). The van der Waals surface area contributed by atoms with Gasteiger partial charge in [-0.1, -0.05) is 36.5 Å². The van der Waals surface area contributed by atoms with Crippen LogP contribution in [0.2, 0.25) is 0 Å². The van der Waals surface area contributed by atoms with Gasteiger partial charge in [0.1, 0.15) is 5.78 Å². The van der Waals surface area contributed by atoms with Crippen molar-refractivity contribution in [1.82, 2.24) is 9.21 Å². The molecule has 0 aromatic heterocycles. The Bertz CT molecular complexity index is 1310. The average molecular weight is 600 g/mol. The molecule has 4 aliphatic rings. The van der Waals surface area contributed by atoms with Crippen molar-refractivity contribution in [2.75, 3.05) is 44.3 Å². The Balaban J connectivity index is 1.44. The maximum atomic E-state index is 13.6. The largest absolute Gasteiger partial charge is 0.421 e. The number of ether oxygens (including phenoxy) is 1. The third-order valence-corrected chi connectivity index (χ3v) is 10.7. The minimum Gasteiger partial charge on any atom is -0.378 e. The van der Waals surface area contributed by atoms with Crippen molar-refractivity contribution in [2.24, 2.45) is 0 Å². The number of hydrogen-bond donors (Lipinski definition) is 1. The van der Waals surface area contributed by atoms with Gasteiger partial charge in [0, 0.05) is 68.1 Å². The van der Waals surface area contributed by atoms with Crippen LogP contribution in [0.3, 0.4) is 0 Å². The van der Waals surface area contributed by atoms with Gasteiger partial charge in [0.2, 0.25) is 10.0 Å². The Morgan fingerprint density at radius 2 is 1.75 bits per heavy atom. The lowest BCUT2D eigenvalue weighted by molar-refractivity contribution is -0.258. The molecular formula is C27H32F3N3O5S2. The van der Waals surface area contributed by atoms with E-state index < -0.39 is 21.8 Å². The van der Waals surface area contributed by atoms with E-state index in [2.05, 4.69) is 4.90 Å². The molecule has 4 atom stereocenters. The SMILES string of the molecule is CC(O)(c1ccc(N2CCN(S(=O)(=O)C3=CC=CCC3=S)C[C@@H]2CN2C3COCC2CC(=O)C3)cc1)C(F)(F)F. The first-order valence-electron chi connectivity index (χ1n) is 13.2. The molecule has 8 nitrogen and oxygen atoms in total. The second kappa shape index (κ2) is 10.9. The summed E-state index contributed by atoms with van der Waals surface area (Å²) in [5, 5.41) is 10.1. The Hall–Kier alpha value is -2.16. The van der Waals surface area contributed by atoms with E-state index in [1.807, 2.05) is 4.90 Å². The zero-order valence-corrected chi connectivity index (χ0v) is 23.6. The summed E-state index contributed by atoms with van der Waals surface area (Å²) < 4.78 is 74.6. The van der Waals surface area contributed by atoms with Crippen LogP contribution in [0.4, 0.5) is 18.9 Å². The smallest absolute Gasteiger partial charge is 0.378 e. The van der Waals surface area contributed by atoms with Crippen LogP contribution in [0.15, 0.2) is 47.4 Å². The number of morpholine rings is 1. The number of piperazine rings is 1. The van der Waals surface area contributed by atoms with Gasteiger partial charge in [-0.25, -0.2) is 8.42 Å². The van der Waals surface area contributed by atoms with Crippen LogP contribution in [0, 0.1) is 0 Å². The number of carbonyl (C=O) groups excluding carboxylic acids is 1. The van der Waals surface area contributed by atoms with E-state index in [9.17, 15) is 31.5 Å². The first-order chi connectivity index (χ1) is 18.8. The number of alkyl halides is 3. The standard InChI is InChI=1S/C27H32F3N3O5S2/c1-26(35,27(28,29)30)18-6-8-19(9-7-18)32-11-10-31(40(36,37)25-5-3-2-4-24(25)39)14-22(32)15-33-20-12-23(34)13-21(33)17-38-16-20/h2-3,5-9,20-22,35H,4,10-17H2,1H3/t20?,21?,22-,26?/m1/s1. The van der Waals surface area contributed by atoms with Crippen molar-refractivity contribution in [1.29, 1.82) is 0 Å². The molecule has 3 unspecified atom stereocenters. The highest BCUT2D eigenvalue weighted by Crippen LogP contribution is 2.39. The summed E-state index contributed by atoms with van der Waals surface area (Å²) >= 11 is 5.35. The Morgan fingerprint density at radius 3 is 2.35 bits per heavy atom. The number of rotatable bonds is 6. The van der Waals surface area contributed by atoms with Crippen LogP contribution in [0.5, 0.6) is 0 Å². The maximum absolute atomic E-state index is 13.6. The minimum atomic E-state index is -4.84. The van der Waals surface area contributed by atoms with E-state index in [0.717, 1.165) is 0 Å². The van der Waals surface area contributed by atoms with E-state index in [0.29, 0.717) is 63.0 Å². The molecule has 218 valence electrons. The number of aliphatic hydroxyl groups is 1. The summed E-state index contributed by atoms with van der Waals surface area (Å²) in [7, 11) is -3.86. The van der Waals surface area contributed by atoms with Crippen LogP contribution in [0.25, 0.3) is 0 Å². The maximum Gasteiger partial charge on any atom is 0.421 e. The summed E-state index contributed by atoms with van der Waals surface area (Å²) in [5.41, 5.74) is -2.67. The second-order valence-electron chi connectivity index (χ2n) is 10.9. The van der Waals surface area contributed by atoms with Gasteiger partial charge in [-0.2, -0.15) is 17.5 Å². The molecule has 3 fully saturated rings. The number of thiocarbonyl (C=S) groups is 1. The number of allylic oxidation sites excluding steroid dienone is 4. The number of sulfonamides is 1. The Morgan fingerprint density at radius 1 is 1.10 bits per heavy atom. The number of benzene rings is 1. The van der Waals surface area contributed by atoms with Crippen LogP contribution in [0.1, 0.15) is 31.7 Å². The van der Waals surface area contributed by atoms with Gasteiger partial charge in [-0.05, 0) is 30.7 Å². The molecule has 1 aromatic rings. The molecule has 3 heterocycles. The van der Waals surface area contributed by atoms with Gasteiger partial charge >= 0.3 is 6.18 Å². The Labute approximate surface area is 237 Å². The van der Waals surface area contributed by atoms with Gasteiger partial charge in [0.05, 0.1) is 24.2 Å². The molecule has 0 spiro atoms. The zero-order valence-electron chi connectivity index (χ0n) is 22.0. The van der Waals surface area contributed by atoms with Crippen LogP contribution >= 0.6 is 12.2 Å². The average Bonchev–Trinajstić information content (AvgIpc) is 2.89. The lowest BCUT2D eigenvalue weighted by atomic mass is 9.92. The molecule has 1 N–H and O–H groups in total. The predicted octanol–water partition coefficient (Wildman–Crippen LogP) is 2.92. The highest BCUT2D eigenvalue weighted by molar-refractivity contribution is 7.96. The summed E-state index contributed by atoms with van der Waals surface area (Å²) in [6, 6.07) is 4.97.